The summed E-state index contributed by atoms with van der Waals surface area (Å²) in [5.41, 5.74) is 2.42. The number of amides is 1. The zero-order valence-electron chi connectivity index (χ0n) is 14.1. The molecule has 0 radical (unpaired) electrons. The molecule has 1 N–H and O–H groups in total. The second-order valence-electron chi connectivity index (χ2n) is 5.41. The van der Waals surface area contributed by atoms with Crippen molar-refractivity contribution in [1.29, 1.82) is 0 Å². The molecule has 24 heavy (non-hydrogen) atoms. The Morgan fingerprint density at radius 3 is 2.54 bits per heavy atom. The number of rotatable bonds is 7. The highest BCUT2D eigenvalue weighted by Gasteiger charge is 2.14. The SMILES string of the molecule is CCOCc1cc(C(=O)N[C@@H](C)c2ccc(Cl)cc2)ccc1OC. The maximum Gasteiger partial charge on any atom is 0.251 e. The van der Waals surface area contributed by atoms with Gasteiger partial charge in [-0.2, -0.15) is 0 Å². The number of hydrogen-bond acceptors (Lipinski definition) is 3. The van der Waals surface area contributed by atoms with Gasteiger partial charge in [0, 0.05) is 22.8 Å². The average molecular weight is 348 g/mol. The molecular weight excluding hydrogens is 326 g/mol. The predicted molar refractivity (Wildman–Crippen MR) is 95.7 cm³/mol. The van der Waals surface area contributed by atoms with Crippen molar-refractivity contribution in [1.82, 2.24) is 5.32 Å². The lowest BCUT2D eigenvalue weighted by atomic mass is 10.1. The molecule has 0 aromatic heterocycles. The second kappa shape index (κ2) is 8.71. The summed E-state index contributed by atoms with van der Waals surface area (Å²) in [5.74, 6) is 0.573. The first-order valence-corrected chi connectivity index (χ1v) is 8.24. The number of ether oxygens (including phenoxy) is 2. The monoisotopic (exact) mass is 347 g/mol. The molecular formula is C19H22ClNO3. The smallest absolute Gasteiger partial charge is 0.251 e. The molecule has 0 heterocycles. The van der Waals surface area contributed by atoms with Gasteiger partial charge in [0.2, 0.25) is 0 Å². The number of benzene rings is 2. The van der Waals surface area contributed by atoms with Gasteiger partial charge >= 0.3 is 0 Å². The summed E-state index contributed by atoms with van der Waals surface area (Å²) in [6, 6.07) is 12.7. The third-order valence-corrected chi connectivity index (χ3v) is 3.97. The first kappa shape index (κ1) is 18.3. The third-order valence-electron chi connectivity index (χ3n) is 3.72. The molecule has 0 aliphatic rings. The molecule has 2 aromatic rings. The maximum atomic E-state index is 12.5. The molecule has 1 atom stereocenters. The Hall–Kier alpha value is -2.04. The summed E-state index contributed by atoms with van der Waals surface area (Å²) >= 11 is 5.89. The van der Waals surface area contributed by atoms with E-state index < -0.39 is 0 Å². The summed E-state index contributed by atoms with van der Waals surface area (Å²) < 4.78 is 10.7. The predicted octanol–water partition coefficient (Wildman–Crippen LogP) is 4.38. The van der Waals surface area contributed by atoms with Crippen LogP contribution in [0.2, 0.25) is 5.02 Å². The Morgan fingerprint density at radius 2 is 1.92 bits per heavy atom. The molecule has 0 bridgehead atoms. The topological polar surface area (TPSA) is 47.6 Å². The van der Waals surface area contributed by atoms with E-state index in [1.54, 1.807) is 25.3 Å². The van der Waals surface area contributed by atoms with Crippen LogP contribution in [0.5, 0.6) is 5.75 Å². The van der Waals surface area contributed by atoms with Crippen LogP contribution in [0, 0.1) is 0 Å². The summed E-state index contributed by atoms with van der Waals surface area (Å²) in [7, 11) is 1.60. The van der Waals surface area contributed by atoms with Crippen molar-refractivity contribution < 1.29 is 14.3 Å². The first-order valence-electron chi connectivity index (χ1n) is 7.86. The van der Waals surface area contributed by atoms with Crippen LogP contribution in [0.1, 0.15) is 41.4 Å². The van der Waals surface area contributed by atoms with Gasteiger partial charge in [0.15, 0.2) is 0 Å². The quantitative estimate of drug-likeness (QED) is 0.808. The number of hydrogen-bond donors (Lipinski definition) is 1. The van der Waals surface area contributed by atoms with Crippen molar-refractivity contribution in [2.75, 3.05) is 13.7 Å². The highest BCUT2D eigenvalue weighted by atomic mass is 35.5. The highest BCUT2D eigenvalue weighted by Crippen LogP contribution is 2.22. The zero-order chi connectivity index (χ0) is 17.5. The van der Waals surface area contributed by atoms with E-state index in [1.807, 2.05) is 38.1 Å². The van der Waals surface area contributed by atoms with E-state index in [4.69, 9.17) is 21.1 Å². The molecule has 128 valence electrons. The van der Waals surface area contributed by atoms with Gasteiger partial charge in [-0.25, -0.2) is 0 Å². The van der Waals surface area contributed by atoms with Gasteiger partial charge in [-0.3, -0.25) is 4.79 Å². The van der Waals surface area contributed by atoms with Gasteiger partial charge in [-0.05, 0) is 49.7 Å². The maximum absolute atomic E-state index is 12.5. The standard InChI is InChI=1S/C19H22ClNO3/c1-4-24-12-16-11-15(7-10-18(16)23-3)19(22)21-13(2)14-5-8-17(20)9-6-14/h5-11,13H,4,12H2,1-3H3,(H,21,22)/t13-/m0/s1. The minimum atomic E-state index is -0.141. The van der Waals surface area contributed by atoms with Crippen LogP contribution >= 0.6 is 11.6 Å². The van der Waals surface area contributed by atoms with Crippen molar-refractivity contribution >= 4 is 17.5 Å². The summed E-state index contributed by atoms with van der Waals surface area (Å²) in [6.45, 7) is 4.88. The zero-order valence-corrected chi connectivity index (χ0v) is 14.9. The molecule has 0 unspecified atom stereocenters. The Balaban J connectivity index is 2.12. The van der Waals surface area contributed by atoms with E-state index in [-0.39, 0.29) is 11.9 Å². The molecule has 5 heteroatoms. The number of nitrogens with one attached hydrogen (secondary N) is 1. The lowest BCUT2D eigenvalue weighted by Gasteiger charge is -2.16. The fraction of sp³-hybridized carbons (Fsp3) is 0.316. The van der Waals surface area contributed by atoms with E-state index in [1.165, 1.54) is 0 Å². The number of methoxy groups -OCH3 is 1. The van der Waals surface area contributed by atoms with Gasteiger partial charge in [0.05, 0.1) is 19.8 Å². The van der Waals surface area contributed by atoms with Crippen LogP contribution in [-0.4, -0.2) is 19.6 Å². The van der Waals surface area contributed by atoms with Crippen LogP contribution in [0.25, 0.3) is 0 Å². The molecule has 0 aliphatic carbocycles. The summed E-state index contributed by atoms with van der Waals surface area (Å²) in [4.78, 5) is 12.5. The second-order valence-corrected chi connectivity index (χ2v) is 5.85. The van der Waals surface area contributed by atoms with Gasteiger partial charge in [0.1, 0.15) is 5.75 Å². The number of halogens is 1. The van der Waals surface area contributed by atoms with E-state index in [0.717, 1.165) is 11.1 Å². The Bertz CT molecular complexity index is 686. The normalized spacial score (nSPS) is 11.8. The van der Waals surface area contributed by atoms with Gasteiger partial charge in [-0.15, -0.1) is 0 Å². The van der Waals surface area contributed by atoms with Crippen LogP contribution < -0.4 is 10.1 Å². The van der Waals surface area contributed by atoms with E-state index in [9.17, 15) is 4.79 Å². The molecule has 0 saturated heterocycles. The molecule has 1 amide bonds. The van der Waals surface area contributed by atoms with Crippen LogP contribution in [0.4, 0.5) is 0 Å². The van der Waals surface area contributed by atoms with Crippen molar-refractivity contribution in [2.45, 2.75) is 26.5 Å². The van der Waals surface area contributed by atoms with E-state index in [2.05, 4.69) is 5.32 Å². The first-order chi connectivity index (χ1) is 11.5. The van der Waals surface area contributed by atoms with Crippen molar-refractivity contribution in [2.24, 2.45) is 0 Å². The van der Waals surface area contributed by atoms with Crippen molar-refractivity contribution in [3.8, 4) is 5.75 Å². The Morgan fingerprint density at radius 1 is 1.21 bits per heavy atom. The van der Waals surface area contributed by atoms with Crippen LogP contribution in [-0.2, 0) is 11.3 Å². The lowest BCUT2D eigenvalue weighted by Crippen LogP contribution is -2.26. The fourth-order valence-electron chi connectivity index (χ4n) is 2.36. The average Bonchev–Trinajstić information content (AvgIpc) is 2.60. The molecule has 0 fully saturated rings. The van der Waals surface area contributed by atoms with Gasteiger partial charge in [0.25, 0.3) is 5.91 Å². The van der Waals surface area contributed by atoms with Crippen molar-refractivity contribution in [3.05, 3.63) is 64.2 Å². The highest BCUT2D eigenvalue weighted by molar-refractivity contribution is 6.30. The lowest BCUT2D eigenvalue weighted by molar-refractivity contribution is 0.0939. The van der Waals surface area contributed by atoms with E-state index in [0.29, 0.717) is 29.5 Å². The molecule has 2 aromatic carbocycles. The largest absolute Gasteiger partial charge is 0.496 e. The fourth-order valence-corrected chi connectivity index (χ4v) is 2.49. The molecule has 0 aliphatic heterocycles. The van der Waals surface area contributed by atoms with Gasteiger partial charge < -0.3 is 14.8 Å². The van der Waals surface area contributed by atoms with E-state index >= 15 is 0 Å². The third kappa shape index (κ3) is 4.73. The minimum Gasteiger partial charge on any atom is -0.496 e. The molecule has 0 saturated carbocycles. The van der Waals surface area contributed by atoms with Crippen LogP contribution in [0.3, 0.4) is 0 Å². The molecule has 4 nitrogen and oxygen atoms in total. The summed E-state index contributed by atoms with van der Waals surface area (Å²) in [5, 5.41) is 3.66. The Kier molecular flexibility index (Phi) is 6.64. The minimum absolute atomic E-state index is 0.118. The van der Waals surface area contributed by atoms with Gasteiger partial charge in [-0.1, -0.05) is 23.7 Å². The Labute approximate surface area is 147 Å². The summed E-state index contributed by atoms with van der Waals surface area (Å²) in [6.07, 6.45) is 0. The molecule has 0 spiro atoms. The van der Waals surface area contributed by atoms with Crippen molar-refractivity contribution in [3.63, 3.8) is 0 Å². The molecule has 2 rings (SSSR count). The number of carbonyl (C=O) groups is 1. The van der Waals surface area contributed by atoms with Crippen LogP contribution in [0.15, 0.2) is 42.5 Å². The number of carbonyl (C=O) groups excluding carboxylic acids is 1.